The molecule has 1 aromatic carbocycles. The van der Waals surface area contributed by atoms with Crippen LogP contribution in [0.25, 0.3) is 0 Å². The van der Waals surface area contributed by atoms with E-state index in [-0.39, 0.29) is 11.3 Å². The number of hydrogen-bond donors (Lipinski definition) is 0. The van der Waals surface area contributed by atoms with Crippen LogP contribution in [0.5, 0.6) is 0 Å². The maximum Gasteiger partial charge on any atom is 0.270 e. The summed E-state index contributed by atoms with van der Waals surface area (Å²) in [6.07, 6.45) is 0. The fourth-order valence-corrected chi connectivity index (χ4v) is 0.761. The molecule has 0 unspecified atom stereocenters. The van der Waals surface area contributed by atoms with Crippen molar-refractivity contribution >= 4 is 11.5 Å². The number of non-ortho nitro benzene ring substituents is 1. The molecule has 0 N–H and O–H groups in total. The van der Waals surface area contributed by atoms with Crippen LogP contribution >= 0.6 is 0 Å². The number of nitrogens with zero attached hydrogens (tertiary/aromatic N) is 1. The number of rotatable bonds is 2. The average molecular weight is 168 g/mol. The molecule has 0 bridgehead atoms. The largest absolute Gasteiger partial charge is 0.295 e. The van der Waals surface area contributed by atoms with Crippen LogP contribution in [0, 0.1) is 10.1 Å². The molecule has 0 aromatic heterocycles. The highest BCUT2D eigenvalue weighted by Crippen LogP contribution is 2.12. The first-order valence-corrected chi connectivity index (χ1v) is 3.11. The summed E-state index contributed by atoms with van der Waals surface area (Å²) in [5, 5.41) is 10.4. The van der Waals surface area contributed by atoms with Crippen LogP contribution in [-0.4, -0.2) is 10.7 Å². The van der Waals surface area contributed by atoms with Crippen LogP contribution in [0.4, 0.5) is 5.69 Å². The molecule has 0 aliphatic carbocycles. The van der Waals surface area contributed by atoms with Gasteiger partial charge in [-0.1, -0.05) is 12.1 Å². The van der Waals surface area contributed by atoms with E-state index in [1.807, 2.05) is 0 Å². The van der Waals surface area contributed by atoms with Crippen LogP contribution in [0.1, 0.15) is 21.3 Å². The molecule has 1 rings (SSSR count). The molecule has 0 radical (unpaired) electrons. The van der Waals surface area contributed by atoms with Gasteiger partial charge in [0, 0.05) is 21.8 Å². The van der Waals surface area contributed by atoms with Crippen LogP contribution in [0.2, 0.25) is 0 Å². The van der Waals surface area contributed by atoms with Crippen LogP contribution in [0.15, 0.2) is 24.3 Å². The van der Waals surface area contributed by atoms with Crippen molar-refractivity contribution < 1.29 is 13.8 Å². The highest BCUT2D eigenvalue weighted by atomic mass is 16.6. The van der Waals surface area contributed by atoms with Gasteiger partial charge in [-0.25, -0.2) is 0 Å². The molecule has 1 aromatic rings. The number of nitro groups is 1. The summed E-state index contributed by atoms with van der Waals surface area (Å²) in [5.41, 5.74) is -0.477. The van der Waals surface area contributed by atoms with Gasteiger partial charge < -0.3 is 0 Å². The zero-order valence-electron chi connectivity index (χ0n) is 8.98. The van der Waals surface area contributed by atoms with Crippen molar-refractivity contribution in [3.8, 4) is 0 Å². The lowest BCUT2D eigenvalue weighted by Gasteiger charge is -1.93. The number of carbonyl (C=O) groups is 1. The Bertz CT molecular complexity index is 414. The molecule has 0 amide bonds. The van der Waals surface area contributed by atoms with Crippen molar-refractivity contribution in [2.75, 3.05) is 0 Å². The van der Waals surface area contributed by atoms with Crippen molar-refractivity contribution in [1.29, 1.82) is 0 Å². The van der Waals surface area contributed by atoms with Gasteiger partial charge in [0.15, 0.2) is 5.78 Å². The maximum absolute atomic E-state index is 11.3. The van der Waals surface area contributed by atoms with Gasteiger partial charge >= 0.3 is 0 Å². The molecule has 0 atom stereocenters. The Hall–Kier alpha value is -1.71. The van der Waals surface area contributed by atoms with Gasteiger partial charge in [-0.2, -0.15) is 0 Å². The van der Waals surface area contributed by atoms with Gasteiger partial charge in [-0.05, 0) is 6.85 Å². The summed E-state index contributed by atoms with van der Waals surface area (Å²) >= 11 is 0. The topological polar surface area (TPSA) is 60.2 Å². The SMILES string of the molecule is [2H]C([2H])([2H])C(=O)c1cccc([N+](=O)[O-])c1. The standard InChI is InChI=1S/C8H7NO3/c1-6(10)7-3-2-4-8(5-7)9(11)12/h2-5H,1H3/i1D3. The van der Waals surface area contributed by atoms with Crippen molar-refractivity contribution in [2.24, 2.45) is 0 Å². The van der Waals surface area contributed by atoms with Crippen molar-refractivity contribution in [2.45, 2.75) is 6.85 Å². The molecule has 0 heterocycles. The quantitative estimate of drug-likeness (QED) is 0.384. The molecule has 0 aliphatic rings. The van der Waals surface area contributed by atoms with Gasteiger partial charge in [0.1, 0.15) is 0 Å². The smallest absolute Gasteiger partial charge is 0.270 e. The molecule has 0 fully saturated rings. The third-order valence-electron chi connectivity index (χ3n) is 1.32. The normalized spacial score (nSPS) is 14.2. The Kier molecular flexibility index (Phi) is 1.31. The van der Waals surface area contributed by atoms with Gasteiger partial charge in [0.25, 0.3) is 5.69 Å². The minimum Gasteiger partial charge on any atom is -0.295 e. The third-order valence-corrected chi connectivity index (χ3v) is 1.32. The van der Waals surface area contributed by atoms with E-state index in [0.717, 1.165) is 6.07 Å². The Morgan fingerprint density at radius 1 is 1.67 bits per heavy atom. The summed E-state index contributed by atoms with van der Waals surface area (Å²) in [5.74, 6) is -1.09. The summed E-state index contributed by atoms with van der Waals surface area (Å²) in [7, 11) is 0. The first-order chi connectivity index (χ1) is 6.82. The summed E-state index contributed by atoms with van der Waals surface area (Å²) in [4.78, 5) is 21.0. The van der Waals surface area contributed by atoms with Gasteiger partial charge in [0.05, 0.1) is 4.92 Å². The van der Waals surface area contributed by atoms with E-state index in [0.29, 0.717) is 0 Å². The minimum atomic E-state index is -2.77. The second-order valence-electron chi connectivity index (χ2n) is 2.14. The number of carbonyl (C=O) groups excluding carboxylic acids is 1. The molecule has 12 heavy (non-hydrogen) atoms. The number of benzene rings is 1. The molecule has 0 spiro atoms. The summed E-state index contributed by atoms with van der Waals surface area (Å²) in [6.45, 7) is -2.77. The zero-order chi connectivity index (χ0) is 11.6. The number of nitro benzene ring substituents is 1. The maximum atomic E-state index is 11.3. The highest BCUT2D eigenvalue weighted by Gasteiger charge is 2.07. The molecule has 62 valence electrons. The van der Waals surface area contributed by atoms with E-state index in [9.17, 15) is 14.9 Å². The predicted octanol–water partition coefficient (Wildman–Crippen LogP) is 1.80. The van der Waals surface area contributed by atoms with Crippen LogP contribution in [0.3, 0.4) is 0 Å². The fourth-order valence-electron chi connectivity index (χ4n) is 0.761. The van der Waals surface area contributed by atoms with Crippen LogP contribution < -0.4 is 0 Å². The Morgan fingerprint density at radius 2 is 2.42 bits per heavy atom. The van der Waals surface area contributed by atoms with E-state index >= 15 is 0 Å². The Labute approximate surface area is 73.2 Å². The van der Waals surface area contributed by atoms with Gasteiger partial charge in [-0.15, -0.1) is 0 Å². The Morgan fingerprint density at radius 3 is 3.00 bits per heavy atom. The first kappa shape index (κ1) is 5.03. The lowest BCUT2D eigenvalue weighted by Crippen LogP contribution is -1.94. The van der Waals surface area contributed by atoms with E-state index < -0.39 is 17.6 Å². The number of ketones is 1. The second kappa shape index (κ2) is 3.13. The monoisotopic (exact) mass is 168 g/mol. The number of hydrogen-bond acceptors (Lipinski definition) is 3. The van der Waals surface area contributed by atoms with Crippen LogP contribution in [-0.2, 0) is 0 Å². The summed E-state index contributed by atoms with van der Waals surface area (Å²) in [6, 6.07) is 4.66. The molecule has 0 saturated carbocycles. The molecule has 4 heteroatoms. The van der Waals surface area contributed by atoms with Gasteiger partial charge in [0.2, 0.25) is 0 Å². The molecule has 0 saturated heterocycles. The lowest BCUT2D eigenvalue weighted by molar-refractivity contribution is -0.384. The third kappa shape index (κ3) is 1.66. The van der Waals surface area contributed by atoms with Crippen molar-refractivity contribution in [3.05, 3.63) is 39.9 Å². The zero-order valence-corrected chi connectivity index (χ0v) is 5.98. The van der Waals surface area contributed by atoms with E-state index in [1.165, 1.54) is 18.2 Å². The van der Waals surface area contributed by atoms with Gasteiger partial charge in [-0.3, -0.25) is 14.9 Å². The van der Waals surface area contributed by atoms with E-state index in [2.05, 4.69) is 0 Å². The second-order valence-corrected chi connectivity index (χ2v) is 2.14. The summed E-state index contributed by atoms with van der Waals surface area (Å²) < 4.78 is 20.6. The lowest BCUT2D eigenvalue weighted by atomic mass is 10.1. The van der Waals surface area contributed by atoms with E-state index in [4.69, 9.17) is 4.11 Å². The number of Topliss-reactive ketones (excluding diaryl/α,β-unsaturated/α-hetero) is 1. The molecule has 4 nitrogen and oxygen atoms in total. The molecular weight excluding hydrogens is 158 g/mol. The van der Waals surface area contributed by atoms with Crippen molar-refractivity contribution in [3.63, 3.8) is 0 Å². The highest BCUT2D eigenvalue weighted by molar-refractivity contribution is 5.94. The molecule has 0 aliphatic heterocycles. The first-order valence-electron chi connectivity index (χ1n) is 4.61. The molecular formula is C8H7NO3. The van der Waals surface area contributed by atoms with E-state index in [1.54, 1.807) is 0 Å². The Balaban J connectivity index is 3.12. The fraction of sp³-hybridized carbons (Fsp3) is 0.125. The average Bonchev–Trinajstić information content (AvgIpc) is 2.15. The van der Waals surface area contributed by atoms with Crippen molar-refractivity contribution in [1.82, 2.24) is 0 Å². The predicted molar refractivity (Wildman–Crippen MR) is 43.1 cm³/mol. The minimum absolute atomic E-state index is 0.177.